The number of rotatable bonds is 7. The van der Waals surface area contributed by atoms with Crippen LogP contribution in [-0.2, 0) is 11.3 Å². The first-order valence-electron chi connectivity index (χ1n) is 8.99. The van der Waals surface area contributed by atoms with Gasteiger partial charge in [-0.15, -0.1) is 11.3 Å². The van der Waals surface area contributed by atoms with E-state index in [-0.39, 0.29) is 11.6 Å². The van der Waals surface area contributed by atoms with Crippen LogP contribution in [0.2, 0.25) is 0 Å². The van der Waals surface area contributed by atoms with Gasteiger partial charge in [-0.1, -0.05) is 0 Å². The minimum atomic E-state index is -0.0382. The zero-order valence-corrected chi connectivity index (χ0v) is 16.5. The second kappa shape index (κ2) is 8.75. The fourth-order valence-corrected chi connectivity index (χ4v) is 4.10. The van der Waals surface area contributed by atoms with Gasteiger partial charge in [0.1, 0.15) is 5.01 Å². The number of aryl methyl sites for hydroxylation is 1. The minimum Gasteiger partial charge on any atom is -0.383 e. The number of hydrogen-bond acceptors (Lipinski definition) is 7. The van der Waals surface area contributed by atoms with Gasteiger partial charge in [0.05, 0.1) is 31.1 Å². The zero-order chi connectivity index (χ0) is 18.5. The highest BCUT2D eigenvalue weighted by atomic mass is 32.1. The maximum Gasteiger partial charge on any atom is 0.269 e. The average molecular weight is 378 g/mol. The summed E-state index contributed by atoms with van der Waals surface area (Å²) in [6, 6.07) is 1.79. The van der Waals surface area contributed by atoms with E-state index in [9.17, 15) is 4.79 Å². The summed E-state index contributed by atoms with van der Waals surface area (Å²) >= 11 is 1.70. The van der Waals surface area contributed by atoms with E-state index in [1.807, 2.05) is 18.9 Å². The number of methoxy groups -OCH3 is 1. The van der Waals surface area contributed by atoms with Crippen molar-refractivity contribution in [3.05, 3.63) is 38.7 Å². The van der Waals surface area contributed by atoms with Crippen LogP contribution in [0.3, 0.4) is 0 Å². The van der Waals surface area contributed by atoms with Gasteiger partial charge in [0.15, 0.2) is 0 Å². The SMILES string of the molecule is COCCN(C)c1cnn([C@@H]2CCCN(Cc3nc(C)cs3)C2)c(=O)c1. The first-order valence-corrected chi connectivity index (χ1v) is 9.87. The predicted octanol–water partition coefficient (Wildman–Crippen LogP) is 1.93. The summed E-state index contributed by atoms with van der Waals surface area (Å²) in [7, 11) is 3.62. The molecule has 1 atom stereocenters. The molecule has 1 fully saturated rings. The maximum absolute atomic E-state index is 12.6. The summed E-state index contributed by atoms with van der Waals surface area (Å²) < 4.78 is 6.74. The van der Waals surface area contributed by atoms with Gasteiger partial charge in [-0.25, -0.2) is 9.67 Å². The summed E-state index contributed by atoms with van der Waals surface area (Å²) in [4.78, 5) is 21.5. The third-order valence-corrected chi connectivity index (χ3v) is 5.69. The Balaban J connectivity index is 1.67. The van der Waals surface area contributed by atoms with E-state index in [4.69, 9.17) is 4.74 Å². The van der Waals surface area contributed by atoms with E-state index >= 15 is 0 Å². The molecule has 0 saturated carbocycles. The van der Waals surface area contributed by atoms with Gasteiger partial charge in [0.25, 0.3) is 5.56 Å². The smallest absolute Gasteiger partial charge is 0.269 e. The van der Waals surface area contributed by atoms with Crippen LogP contribution in [0.1, 0.15) is 29.6 Å². The highest BCUT2D eigenvalue weighted by Gasteiger charge is 2.23. The molecule has 1 aliphatic heterocycles. The number of likely N-dealkylation sites (N-methyl/N-ethyl adjacent to an activating group) is 1. The number of likely N-dealkylation sites (tertiary alicyclic amines) is 1. The third-order valence-electron chi connectivity index (χ3n) is 4.74. The Morgan fingerprint density at radius 3 is 3.00 bits per heavy atom. The summed E-state index contributed by atoms with van der Waals surface area (Å²) in [6.45, 7) is 6.10. The number of ether oxygens (including phenoxy) is 1. The van der Waals surface area contributed by atoms with Gasteiger partial charge < -0.3 is 9.64 Å². The van der Waals surface area contributed by atoms with Crippen molar-refractivity contribution in [3.63, 3.8) is 0 Å². The van der Waals surface area contributed by atoms with Gasteiger partial charge in [-0.2, -0.15) is 5.10 Å². The van der Waals surface area contributed by atoms with E-state index in [2.05, 4.69) is 20.4 Å². The van der Waals surface area contributed by atoms with Crippen LogP contribution in [0, 0.1) is 6.92 Å². The molecule has 3 rings (SSSR count). The van der Waals surface area contributed by atoms with Gasteiger partial charge in [-0.05, 0) is 26.3 Å². The third kappa shape index (κ3) is 4.69. The van der Waals surface area contributed by atoms with Crippen molar-refractivity contribution in [2.24, 2.45) is 0 Å². The van der Waals surface area contributed by atoms with E-state index in [0.717, 1.165) is 55.4 Å². The molecule has 2 aromatic heterocycles. The second-order valence-corrected chi connectivity index (χ2v) is 7.77. The fourth-order valence-electron chi connectivity index (χ4n) is 3.29. The number of piperidine rings is 1. The average Bonchev–Trinajstić information content (AvgIpc) is 3.04. The normalized spacial score (nSPS) is 18.2. The van der Waals surface area contributed by atoms with Crippen LogP contribution < -0.4 is 10.5 Å². The van der Waals surface area contributed by atoms with Crippen molar-refractivity contribution in [1.29, 1.82) is 0 Å². The molecule has 2 aromatic rings. The van der Waals surface area contributed by atoms with Gasteiger partial charge >= 0.3 is 0 Å². The zero-order valence-electron chi connectivity index (χ0n) is 15.7. The molecule has 0 spiro atoms. The van der Waals surface area contributed by atoms with Crippen molar-refractivity contribution in [2.45, 2.75) is 32.4 Å². The Kier molecular flexibility index (Phi) is 6.39. The van der Waals surface area contributed by atoms with Gasteiger partial charge in [0.2, 0.25) is 0 Å². The van der Waals surface area contributed by atoms with E-state index in [0.29, 0.717) is 6.61 Å². The molecule has 0 N–H and O–H groups in total. The molecule has 1 saturated heterocycles. The lowest BCUT2D eigenvalue weighted by Gasteiger charge is -2.32. The molecule has 142 valence electrons. The van der Waals surface area contributed by atoms with E-state index < -0.39 is 0 Å². The Morgan fingerprint density at radius 1 is 1.46 bits per heavy atom. The first-order chi connectivity index (χ1) is 12.6. The number of nitrogens with zero attached hydrogens (tertiary/aromatic N) is 5. The summed E-state index contributed by atoms with van der Waals surface area (Å²) in [5.74, 6) is 0. The molecular formula is C18H27N5O2S. The predicted molar refractivity (Wildman–Crippen MR) is 104 cm³/mol. The Bertz CT molecular complexity index is 775. The molecule has 0 radical (unpaired) electrons. The lowest BCUT2D eigenvalue weighted by Crippen LogP contribution is -2.40. The molecule has 26 heavy (non-hydrogen) atoms. The van der Waals surface area contributed by atoms with Crippen molar-refractivity contribution in [3.8, 4) is 0 Å². The van der Waals surface area contributed by atoms with E-state index in [1.54, 1.807) is 35.4 Å². The van der Waals surface area contributed by atoms with E-state index in [1.165, 1.54) is 0 Å². The Hall–Kier alpha value is -1.77. The highest BCUT2D eigenvalue weighted by Crippen LogP contribution is 2.22. The van der Waals surface area contributed by atoms with Crippen LogP contribution in [0.4, 0.5) is 5.69 Å². The monoisotopic (exact) mass is 377 g/mol. The molecule has 3 heterocycles. The van der Waals surface area contributed by atoms with Gasteiger partial charge in [0, 0.05) is 44.4 Å². The largest absolute Gasteiger partial charge is 0.383 e. The molecule has 0 unspecified atom stereocenters. The standard InChI is InChI=1S/C18H27N5O2S/c1-14-13-26-17(20-14)12-22-6-4-5-15(11-22)23-18(24)9-16(10-19-23)21(2)7-8-25-3/h9-10,13,15H,4-8,11-12H2,1-3H3/t15-/m1/s1. The summed E-state index contributed by atoms with van der Waals surface area (Å²) in [5.41, 5.74) is 1.86. The molecule has 0 aliphatic carbocycles. The number of aromatic nitrogens is 3. The molecule has 0 bridgehead atoms. The molecule has 0 aromatic carbocycles. The maximum atomic E-state index is 12.6. The van der Waals surface area contributed by atoms with Crippen molar-refractivity contribution < 1.29 is 4.74 Å². The Morgan fingerprint density at radius 2 is 2.31 bits per heavy atom. The molecule has 7 nitrogen and oxygen atoms in total. The van der Waals surface area contributed by atoms with Crippen LogP contribution in [0.15, 0.2) is 22.4 Å². The van der Waals surface area contributed by atoms with Gasteiger partial charge in [-0.3, -0.25) is 9.69 Å². The second-order valence-electron chi connectivity index (χ2n) is 6.82. The summed E-state index contributed by atoms with van der Waals surface area (Å²) in [6.07, 6.45) is 3.83. The first kappa shape index (κ1) is 19.0. The van der Waals surface area contributed by atoms with Crippen LogP contribution >= 0.6 is 11.3 Å². The van der Waals surface area contributed by atoms with Crippen LogP contribution in [0.25, 0.3) is 0 Å². The molecule has 0 amide bonds. The number of hydrogen-bond donors (Lipinski definition) is 0. The van der Waals surface area contributed by atoms with Crippen molar-refractivity contribution in [1.82, 2.24) is 19.7 Å². The number of anilines is 1. The van der Waals surface area contributed by atoms with Crippen molar-refractivity contribution >= 4 is 17.0 Å². The highest BCUT2D eigenvalue weighted by molar-refractivity contribution is 7.09. The quantitative estimate of drug-likeness (QED) is 0.735. The molecule has 1 aliphatic rings. The summed E-state index contributed by atoms with van der Waals surface area (Å²) in [5, 5.41) is 7.68. The molecule has 8 heteroatoms. The lowest BCUT2D eigenvalue weighted by atomic mass is 10.1. The number of thiazole rings is 1. The molecular weight excluding hydrogens is 350 g/mol. The van der Waals surface area contributed by atoms with Crippen LogP contribution in [-0.4, -0.2) is 60.1 Å². The lowest BCUT2D eigenvalue weighted by molar-refractivity contribution is 0.160. The Labute approximate surface area is 158 Å². The van der Waals surface area contributed by atoms with Crippen molar-refractivity contribution in [2.75, 3.05) is 45.3 Å². The fraction of sp³-hybridized carbons (Fsp3) is 0.611. The minimum absolute atomic E-state index is 0.0382. The van der Waals surface area contributed by atoms with Crippen LogP contribution in [0.5, 0.6) is 0 Å². The topological polar surface area (TPSA) is 63.5 Å².